The van der Waals surface area contributed by atoms with Gasteiger partial charge in [0.15, 0.2) is 4.80 Å². The Kier molecular flexibility index (Phi) is 6.45. The molecular formula is C23H29N3OS. The first kappa shape index (κ1) is 19.2. The second-order valence-corrected chi connectivity index (χ2v) is 8.49. The van der Waals surface area contributed by atoms with Crippen molar-refractivity contribution >= 4 is 21.6 Å². The van der Waals surface area contributed by atoms with Crippen molar-refractivity contribution in [3.63, 3.8) is 0 Å². The number of aromatic nitrogens is 1. The first-order chi connectivity index (χ1) is 13.8. The highest BCUT2D eigenvalue weighted by Crippen LogP contribution is 2.18. The fourth-order valence-corrected chi connectivity index (χ4v) is 4.87. The van der Waals surface area contributed by atoms with Crippen molar-refractivity contribution < 1.29 is 4.74 Å². The Bertz CT molecular complexity index is 939. The molecule has 4 nitrogen and oxygen atoms in total. The number of likely N-dealkylation sites (tertiary alicyclic amines) is 1. The number of fused-ring (bicyclic) bond motifs is 1. The van der Waals surface area contributed by atoms with Gasteiger partial charge < -0.3 is 14.2 Å². The van der Waals surface area contributed by atoms with Crippen LogP contribution in [0.15, 0.2) is 59.6 Å². The fourth-order valence-electron chi connectivity index (χ4n) is 3.78. The van der Waals surface area contributed by atoms with E-state index in [1.54, 1.807) is 11.3 Å². The van der Waals surface area contributed by atoms with Gasteiger partial charge in [-0.1, -0.05) is 41.7 Å². The Labute approximate surface area is 171 Å². The molecule has 0 spiro atoms. The van der Waals surface area contributed by atoms with Crippen molar-refractivity contribution in [1.82, 2.24) is 9.47 Å². The second kappa shape index (κ2) is 9.39. The highest BCUT2D eigenvalue weighted by Gasteiger charge is 2.18. The first-order valence-electron chi connectivity index (χ1n) is 10.3. The van der Waals surface area contributed by atoms with Crippen LogP contribution >= 0.6 is 11.3 Å². The number of thiazole rings is 1. The minimum atomic E-state index is 0.455. The summed E-state index contributed by atoms with van der Waals surface area (Å²) in [5.41, 5.74) is 1.28. The van der Waals surface area contributed by atoms with Gasteiger partial charge in [-0.05, 0) is 56.5 Å². The summed E-state index contributed by atoms with van der Waals surface area (Å²) in [5, 5.41) is 0. The van der Waals surface area contributed by atoms with E-state index in [-0.39, 0.29) is 0 Å². The Morgan fingerprint density at radius 2 is 1.75 bits per heavy atom. The van der Waals surface area contributed by atoms with Crippen molar-refractivity contribution in [3.05, 3.63) is 59.4 Å². The summed E-state index contributed by atoms with van der Waals surface area (Å²) in [6.45, 7) is 4.28. The van der Waals surface area contributed by atoms with Crippen LogP contribution in [-0.4, -0.2) is 41.8 Å². The van der Waals surface area contributed by atoms with Crippen LogP contribution < -0.4 is 9.54 Å². The zero-order valence-corrected chi connectivity index (χ0v) is 17.4. The zero-order valence-electron chi connectivity index (χ0n) is 16.6. The van der Waals surface area contributed by atoms with Crippen LogP contribution in [0.4, 0.5) is 0 Å². The number of rotatable bonds is 7. The average molecular weight is 396 g/mol. The predicted octanol–water partition coefficient (Wildman–Crippen LogP) is 4.46. The molecule has 0 atom stereocenters. The highest BCUT2D eigenvalue weighted by molar-refractivity contribution is 7.16. The van der Waals surface area contributed by atoms with Crippen molar-refractivity contribution in [2.75, 3.05) is 26.2 Å². The van der Waals surface area contributed by atoms with Crippen molar-refractivity contribution in [2.45, 2.75) is 31.7 Å². The number of aryl methyl sites for hydroxylation is 1. The lowest BCUT2D eigenvalue weighted by Crippen LogP contribution is -2.36. The van der Waals surface area contributed by atoms with Crippen LogP contribution in [-0.2, 0) is 7.05 Å². The SMILES string of the molecule is Cn1c(=NC2CCN(CCCCOc3ccccc3)CC2)sc2ccccc21. The summed E-state index contributed by atoms with van der Waals surface area (Å²) in [7, 11) is 2.13. The summed E-state index contributed by atoms with van der Waals surface area (Å²) in [5.74, 6) is 0.972. The minimum absolute atomic E-state index is 0.455. The lowest BCUT2D eigenvalue weighted by Gasteiger charge is -2.29. The molecule has 1 aromatic heterocycles. The topological polar surface area (TPSA) is 29.8 Å². The Balaban J connectivity index is 1.21. The molecule has 0 bridgehead atoms. The van der Waals surface area contributed by atoms with E-state index in [9.17, 15) is 0 Å². The van der Waals surface area contributed by atoms with Crippen molar-refractivity contribution in [3.8, 4) is 5.75 Å². The Morgan fingerprint density at radius 3 is 2.54 bits per heavy atom. The summed E-state index contributed by atoms with van der Waals surface area (Å²) in [6.07, 6.45) is 4.63. The molecule has 5 heteroatoms. The van der Waals surface area contributed by atoms with Crippen LogP contribution in [0.3, 0.4) is 0 Å². The van der Waals surface area contributed by atoms with E-state index in [0.29, 0.717) is 6.04 Å². The minimum Gasteiger partial charge on any atom is -0.494 e. The average Bonchev–Trinajstić information content (AvgIpc) is 3.05. The molecular weight excluding hydrogens is 366 g/mol. The van der Waals surface area contributed by atoms with Gasteiger partial charge in [0.1, 0.15) is 5.75 Å². The molecule has 148 valence electrons. The smallest absolute Gasteiger partial charge is 0.185 e. The molecule has 0 saturated carbocycles. The van der Waals surface area contributed by atoms with Gasteiger partial charge in [0, 0.05) is 20.1 Å². The van der Waals surface area contributed by atoms with E-state index >= 15 is 0 Å². The van der Waals surface area contributed by atoms with Crippen LogP contribution in [0.1, 0.15) is 25.7 Å². The van der Waals surface area contributed by atoms with Crippen LogP contribution in [0.2, 0.25) is 0 Å². The van der Waals surface area contributed by atoms with E-state index in [0.717, 1.165) is 49.5 Å². The molecule has 1 aliphatic rings. The number of ether oxygens (including phenoxy) is 1. The summed E-state index contributed by atoms with van der Waals surface area (Å²) < 4.78 is 9.33. The summed E-state index contributed by atoms with van der Waals surface area (Å²) in [4.78, 5) is 8.80. The standard InChI is InChI=1S/C23H29N3OS/c1-25-21-11-5-6-12-22(21)28-23(25)24-19-13-16-26(17-14-19)15-7-8-18-27-20-9-3-2-4-10-20/h2-6,9-12,19H,7-8,13-18H2,1H3. The van der Waals surface area contributed by atoms with E-state index < -0.39 is 0 Å². The number of hydrogen-bond acceptors (Lipinski definition) is 4. The maximum Gasteiger partial charge on any atom is 0.185 e. The van der Waals surface area contributed by atoms with Gasteiger partial charge in [-0.3, -0.25) is 4.99 Å². The molecule has 0 amide bonds. The molecule has 2 heterocycles. The summed E-state index contributed by atoms with van der Waals surface area (Å²) >= 11 is 1.80. The molecule has 1 aliphatic heterocycles. The fraction of sp³-hybridized carbons (Fsp3) is 0.435. The van der Waals surface area contributed by atoms with Crippen LogP contribution in [0.5, 0.6) is 5.75 Å². The van der Waals surface area contributed by atoms with Gasteiger partial charge >= 0.3 is 0 Å². The third-order valence-corrected chi connectivity index (χ3v) is 6.57. The second-order valence-electron chi connectivity index (χ2n) is 7.48. The quantitative estimate of drug-likeness (QED) is 0.553. The monoisotopic (exact) mass is 395 g/mol. The molecule has 3 aromatic rings. The molecule has 0 radical (unpaired) electrons. The van der Waals surface area contributed by atoms with E-state index in [1.165, 1.54) is 23.2 Å². The molecule has 1 fully saturated rings. The lowest BCUT2D eigenvalue weighted by molar-refractivity contribution is 0.202. The number of hydrogen-bond donors (Lipinski definition) is 0. The van der Waals surface area contributed by atoms with Gasteiger partial charge in [-0.2, -0.15) is 0 Å². The van der Waals surface area contributed by atoms with Crippen molar-refractivity contribution in [2.24, 2.45) is 12.0 Å². The number of benzene rings is 2. The van der Waals surface area contributed by atoms with Gasteiger partial charge in [-0.15, -0.1) is 0 Å². The maximum atomic E-state index is 5.78. The van der Waals surface area contributed by atoms with Crippen molar-refractivity contribution in [1.29, 1.82) is 0 Å². The van der Waals surface area contributed by atoms with E-state index in [1.807, 2.05) is 30.3 Å². The summed E-state index contributed by atoms with van der Waals surface area (Å²) in [6, 6.07) is 19.1. The lowest BCUT2D eigenvalue weighted by atomic mass is 10.1. The maximum absolute atomic E-state index is 5.78. The molecule has 4 rings (SSSR count). The third-order valence-electron chi connectivity index (χ3n) is 5.45. The van der Waals surface area contributed by atoms with Crippen LogP contribution in [0.25, 0.3) is 10.2 Å². The molecule has 1 saturated heterocycles. The number of unbranched alkanes of at least 4 members (excludes halogenated alkanes) is 1. The number of para-hydroxylation sites is 2. The van der Waals surface area contributed by atoms with E-state index in [2.05, 4.69) is 40.8 Å². The predicted molar refractivity (Wildman–Crippen MR) is 117 cm³/mol. The van der Waals surface area contributed by atoms with Gasteiger partial charge in [0.2, 0.25) is 0 Å². The molecule has 0 unspecified atom stereocenters. The largest absolute Gasteiger partial charge is 0.494 e. The molecule has 0 N–H and O–H groups in total. The zero-order chi connectivity index (χ0) is 19.2. The van der Waals surface area contributed by atoms with E-state index in [4.69, 9.17) is 9.73 Å². The first-order valence-corrected chi connectivity index (χ1v) is 11.1. The van der Waals surface area contributed by atoms with Gasteiger partial charge in [-0.25, -0.2) is 0 Å². The molecule has 2 aromatic carbocycles. The Hall–Kier alpha value is -2.11. The normalized spacial score (nSPS) is 16.7. The van der Waals surface area contributed by atoms with Gasteiger partial charge in [0.25, 0.3) is 0 Å². The third kappa shape index (κ3) is 4.83. The Morgan fingerprint density at radius 1 is 1.00 bits per heavy atom. The highest BCUT2D eigenvalue weighted by atomic mass is 32.1. The number of piperidine rings is 1. The molecule has 28 heavy (non-hydrogen) atoms. The van der Waals surface area contributed by atoms with Gasteiger partial charge in [0.05, 0.1) is 22.9 Å². The van der Waals surface area contributed by atoms with Crippen LogP contribution in [0, 0.1) is 0 Å². The molecule has 0 aliphatic carbocycles. The number of nitrogens with zero attached hydrogens (tertiary/aromatic N) is 3.